The van der Waals surface area contributed by atoms with Crippen molar-refractivity contribution >= 4 is 21.0 Å². The number of carbonyl (C=O) groups excluding carboxylic acids is 1. The van der Waals surface area contributed by atoms with Crippen LogP contribution in [0.1, 0.15) is 62.5 Å². The number of hydrogen-bond donors (Lipinski definition) is 0. The van der Waals surface area contributed by atoms with Gasteiger partial charge >= 0.3 is 0 Å². The van der Waals surface area contributed by atoms with Gasteiger partial charge in [0.25, 0.3) is 0 Å². The smallest absolute Gasteiger partial charge is 0.247 e. The number of rotatable bonds is 13. The van der Waals surface area contributed by atoms with E-state index in [9.17, 15) is 4.79 Å². The normalized spacial score (nSPS) is 11.9. The first kappa shape index (κ1) is 20.9. The molecule has 1 atom stereocenters. The van der Waals surface area contributed by atoms with E-state index in [2.05, 4.69) is 43.3 Å². The molecule has 26 heavy (non-hydrogen) atoms. The van der Waals surface area contributed by atoms with Crippen LogP contribution in [0.4, 0.5) is 0 Å². The fourth-order valence-electron chi connectivity index (χ4n) is 3.56. The summed E-state index contributed by atoms with van der Waals surface area (Å²) in [6.07, 6.45) is 8.95. The third-order valence-corrected chi connectivity index (χ3v) is 7.00. The summed E-state index contributed by atoms with van der Waals surface area (Å²) in [7, 11) is 0. The number of carbonyl (C=O) groups is 1. The molecule has 0 aliphatic carbocycles. The minimum Gasteiger partial charge on any atom is -0.300 e. The molecule has 0 saturated carbocycles. The number of Topliss-reactive ketones (excluding diaryl/α,β-unsaturated/α-hetero) is 1. The third-order valence-electron chi connectivity index (χ3n) is 5.15. The molecule has 0 aliphatic heterocycles. The zero-order valence-corrected chi connectivity index (χ0v) is 17.7. The van der Waals surface area contributed by atoms with E-state index in [1.54, 1.807) is 0 Å². The topological polar surface area (TPSA) is 17.1 Å². The van der Waals surface area contributed by atoms with Gasteiger partial charge in [-0.05, 0) is 22.8 Å². The van der Waals surface area contributed by atoms with Crippen LogP contribution >= 0.6 is 0 Å². The van der Waals surface area contributed by atoms with Gasteiger partial charge in [0.15, 0.2) is 0 Å². The van der Waals surface area contributed by atoms with Crippen LogP contribution in [0.3, 0.4) is 0 Å². The summed E-state index contributed by atoms with van der Waals surface area (Å²) in [5.74, 6) is 0.480. The van der Waals surface area contributed by atoms with Crippen LogP contribution in [-0.4, -0.2) is 21.0 Å². The van der Waals surface area contributed by atoms with Crippen molar-refractivity contribution in [3.05, 3.63) is 71.8 Å². The number of unbranched alkanes of at least 4 members (excludes halogenated alkanes) is 5. The average molecular weight is 365 g/mol. The fraction of sp³-hybridized carbons (Fsp3) is 0.458. The maximum Gasteiger partial charge on any atom is 0.247 e. The van der Waals surface area contributed by atoms with Crippen LogP contribution in [0.25, 0.3) is 0 Å². The van der Waals surface area contributed by atoms with Gasteiger partial charge in [0.1, 0.15) is 5.78 Å². The van der Waals surface area contributed by atoms with Crippen LogP contribution in [0.2, 0.25) is 10.6 Å². The summed E-state index contributed by atoms with van der Waals surface area (Å²) in [6, 6.07) is 20.8. The Balaban J connectivity index is 1.82. The van der Waals surface area contributed by atoms with Crippen LogP contribution in [0, 0.1) is 0 Å². The lowest BCUT2D eigenvalue weighted by atomic mass is 9.89. The molecular weight excluding hydrogens is 331 g/mol. The third kappa shape index (κ3) is 7.90. The molecule has 0 bridgehead atoms. The molecule has 1 unspecified atom stereocenters. The second-order valence-corrected chi connectivity index (χ2v) is 9.26. The second-order valence-electron chi connectivity index (χ2n) is 7.34. The molecule has 2 rings (SSSR count). The highest BCUT2D eigenvalue weighted by Crippen LogP contribution is 2.23. The van der Waals surface area contributed by atoms with Crippen molar-refractivity contribution in [2.75, 3.05) is 0 Å². The summed E-state index contributed by atoms with van der Waals surface area (Å²) in [5, 5.41) is 2.17. The first-order valence-electron chi connectivity index (χ1n) is 10.4. The van der Waals surface area contributed by atoms with Gasteiger partial charge in [-0.3, -0.25) is 0 Å². The second kappa shape index (κ2) is 12.9. The van der Waals surface area contributed by atoms with Gasteiger partial charge in [-0.1, -0.05) is 111 Å². The summed E-state index contributed by atoms with van der Waals surface area (Å²) in [4.78, 5) is 13.0. The largest absolute Gasteiger partial charge is 0.300 e. The van der Waals surface area contributed by atoms with Crippen molar-refractivity contribution in [1.82, 2.24) is 0 Å². The quantitative estimate of drug-likeness (QED) is 0.305. The minimum absolute atomic E-state index is 0.0238. The Morgan fingerprint density at radius 2 is 1.46 bits per heavy atom. The molecular formula is C24H33AlO. The molecule has 0 radical (unpaired) electrons. The molecule has 2 aromatic carbocycles. The first-order valence-corrected chi connectivity index (χ1v) is 12.4. The van der Waals surface area contributed by atoms with Gasteiger partial charge in [-0.15, -0.1) is 0 Å². The Bertz CT molecular complexity index is 609. The summed E-state index contributed by atoms with van der Waals surface area (Å²) >= 11 is -0.262. The molecule has 0 aromatic heterocycles. The van der Waals surface area contributed by atoms with Crippen molar-refractivity contribution in [2.45, 2.75) is 68.4 Å². The Hall–Kier alpha value is -1.36. The van der Waals surface area contributed by atoms with Crippen LogP contribution < -0.4 is 0 Å². The van der Waals surface area contributed by atoms with Crippen molar-refractivity contribution in [1.29, 1.82) is 0 Å². The van der Waals surface area contributed by atoms with Crippen molar-refractivity contribution < 1.29 is 4.79 Å². The van der Waals surface area contributed by atoms with Crippen molar-refractivity contribution in [3.63, 3.8) is 0 Å². The van der Waals surface area contributed by atoms with E-state index in [4.69, 9.17) is 0 Å². The SMILES string of the molecule is CCCCCCC[CH2][AlH][CH2]C(=O)C(Cc1ccccc1)c1ccccc1. The zero-order chi connectivity index (χ0) is 18.5. The monoisotopic (exact) mass is 364 g/mol. The van der Waals surface area contributed by atoms with Crippen LogP contribution in [-0.2, 0) is 11.2 Å². The van der Waals surface area contributed by atoms with Gasteiger partial charge in [0.2, 0.25) is 15.2 Å². The van der Waals surface area contributed by atoms with E-state index in [0.717, 1.165) is 11.7 Å². The molecule has 1 nitrogen and oxygen atoms in total. The van der Waals surface area contributed by atoms with Crippen LogP contribution in [0.15, 0.2) is 60.7 Å². The summed E-state index contributed by atoms with van der Waals surface area (Å²) < 4.78 is 0. The predicted octanol–water partition coefficient (Wildman–Crippen LogP) is 6.22. The molecule has 0 N–H and O–H groups in total. The van der Waals surface area contributed by atoms with E-state index in [0.29, 0.717) is 5.78 Å². The van der Waals surface area contributed by atoms with Gasteiger partial charge in [0, 0.05) is 5.92 Å². The molecule has 0 heterocycles. The van der Waals surface area contributed by atoms with Gasteiger partial charge < -0.3 is 4.79 Å². The van der Waals surface area contributed by atoms with E-state index in [1.807, 2.05) is 24.3 Å². The molecule has 0 aliphatic rings. The highest BCUT2D eigenvalue weighted by molar-refractivity contribution is 6.41. The maximum absolute atomic E-state index is 13.0. The van der Waals surface area contributed by atoms with Crippen molar-refractivity contribution in [3.8, 4) is 0 Å². The number of hydrogen-bond acceptors (Lipinski definition) is 1. The minimum atomic E-state index is -0.262. The van der Waals surface area contributed by atoms with Gasteiger partial charge in [-0.2, -0.15) is 0 Å². The summed E-state index contributed by atoms with van der Waals surface area (Å²) in [5.41, 5.74) is 2.43. The Kier molecular flexibility index (Phi) is 10.4. The lowest BCUT2D eigenvalue weighted by Crippen LogP contribution is -2.16. The van der Waals surface area contributed by atoms with E-state index in [-0.39, 0.29) is 21.1 Å². The predicted molar refractivity (Wildman–Crippen MR) is 114 cm³/mol. The number of ketones is 1. The molecule has 0 saturated heterocycles. The lowest BCUT2D eigenvalue weighted by Gasteiger charge is -2.16. The molecule has 2 aromatic rings. The van der Waals surface area contributed by atoms with E-state index < -0.39 is 0 Å². The van der Waals surface area contributed by atoms with Crippen molar-refractivity contribution in [2.24, 2.45) is 0 Å². The maximum atomic E-state index is 13.0. The molecule has 2 heteroatoms. The van der Waals surface area contributed by atoms with E-state index in [1.165, 1.54) is 54.9 Å². The Morgan fingerprint density at radius 3 is 2.15 bits per heavy atom. The average Bonchev–Trinajstić information content (AvgIpc) is 2.69. The fourth-order valence-corrected chi connectivity index (χ4v) is 5.21. The van der Waals surface area contributed by atoms with Gasteiger partial charge in [0.05, 0.1) is 0 Å². The Morgan fingerprint density at radius 1 is 0.846 bits per heavy atom. The number of benzene rings is 2. The first-order chi connectivity index (χ1) is 12.8. The molecule has 0 amide bonds. The Labute approximate surface area is 165 Å². The van der Waals surface area contributed by atoms with E-state index >= 15 is 0 Å². The summed E-state index contributed by atoms with van der Waals surface area (Å²) in [6.45, 7) is 2.26. The van der Waals surface area contributed by atoms with Gasteiger partial charge in [-0.25, -0.2) is 0 Å². The lowest BCUT2D eigenvalue weighted by molar-refractivity contribution is -0.118. The molecule has 138 valence electrons. The van der Waals surface area contributed by atoms with Crippen LogP contribution in [0.5, 0.6) is 0 Å². The highest BCUT2D eigenvalue weighted by Gasteiger charge is 2.20. The highest BCUT2D eigenvalue weighted by atomic mass is 27.1. The standard InChI is InChI=1S/C16H15O.C8H17.Al.H/c1-13(17)16(15-10-6-3-7-11-15)12-14-8-4-2-5-9-14;1-3-5-7-8-6-4-2;;/h2-11,16H,1,12H2;1,3-8H2,2H3;;. The molecule has 0 spiro atoms. The zero-order valence-electron chi connectivity index (χ0n) is 16.3. The molecule has 0 fully saturated rings.